The number of ether oxygens (including phenoxy) is 2. The van der Waals surface area contributed by atoms with E-state index in [1.54, 1.807) is 0 Å². The molecule has 92 valence electrons. The van der Waals surface area contributed by atoms with Gasteiger partial charge in [-0.2, -0.15) is 0 Å². The molecule has 0 aromatic rings. The van der Waals surface area contributed by atoms with Crippen molar-refractivity contribution in [3.8, 4) is 0 Å². The lowest BCUT2D eigenvalue weighted by atomic mass is 9.80. The van der Waals surface area contributed by atoms with Crippen LogP contribution >= 0.6 is 0 Å². The Morgan fingerprint density at radius 1 is 1.38 bits per heavy atom. The van der Waals surface area contributed by atoms with Crippen LogP contribution in [0.4, 0.5) is 0 Å². The van der Waals surface area contributed by atoms with Gasteiger partial charge in [0.2, 0.25) is 0 Å². The first-order valence-corrected chi connectivity index (χ1v) is 5.62. The zero-order valence-electron chi connectivity index (χ0n) is 9.53. The molecule has 1 aliphatic rings. The van der Waals surface area contributed by atoms with Gasteiger partial charge in [-0.25, -0.2) is 0 Å². The number of carbonyl (C=O) groups excluding carboxylic acids is 1. The van der Waals surface area contributed by atoms with Crippen LogP contribution in [0.15, 0.2) is 0 Å². The number of esters is 1. The fourth-order valence-electron chi connectivity index (χ4n) is 1.67. The summed E-state index contributed by atoms with van der Waals surface area (Å²) < 4.78 is 10.1. The van der Waals surface area contributed by atoms with Crippen LogP contribution < -0.4 is 0 Å². The maximum atomic E-state index is 11.8. The summed E-state index contributed by atoms with van der Waals surface area (Å²) in [4.78, 5) is 23.0. The molecule has 0 radical (unpaired) electrons. The molecule has 1 aliphatic heterocycles. The van der Waals surface area contributed by atoms with Crippen LogP contribution in [0.25, 0.3) is 0 Å². The van der Waals surface area contributed by atoms with Crippen molar-refractivity contribution in [2.45, 2.75) is 32.6 Å². The molecule has 1 N–H and O–H groups in total. The van der Waals surface area contributed by atoms with E-state index in [-0.39, 0.29) is 12.8 Å². The van der Waals surface area contributed by atoms with Crippen molar-refractivity contribution in [1.82, 2.24) is 0 Å². The molecule has 16 heavy (non-hydrogen) atoms. The fraction of sp³-hybridized carbons (Fsp3) is 0.818. The Morgan fingerprint density at radius 2 is 2.00 bits per heavy atom. The second kappa shape index (κ2) is 5.84. The summed E-state index contributed by atoms with van der Waals surface area (Å²) in [5.74, 6) is -1.71. The SMILES string of the molecule is CCCCOC(=O)C1(C(=O)O)CCOCC1. The predicted octanol–water partition coefficient (Wildman–Crippen LogP) is 1.21. The van der Waals surface area contributed by atoms with Gasteiger partial charge in [-0.3, -0.25) is 9.59 Å². The highest BCUT2D eigenvalue weighted by molar-refractivity contribution is 5.99. The number of hydrogen-bond donors (Lipinski definition) is 1. The van der Waals surface area contributed by atoms with E-state index in [2.05, 4.69) is 0 Å². The minimum Gasteiger partial charge on any atom is -0.480 e. The Hall–Kier alpha value is -1.10. The molecule has 1 fully saturated rings. The second-order valence-electron chi connectivity index (χ2n) is 3.99. The van der Waals surface area contributed by atoms with Gasteiger partial charge in [0.15, 0.2) is 5.41 Å². The molecular weight excluding hydrogens is 212 g/mol. The number of hydrogen-bond acceptors (Lipinski definition) is 4. The molecule has 0 atom stereocenters. The Balaban J connectivity index is 2.61. The summed E-state index contributed by atoms with van der Waals surface area (Å²) in [5.41, 5.74) is -1.38. The summed E-state index contributed by atoms with van der Waals surface area (Å²) in [7, 11) is 0. The van der Waals surface area contributed by atoms with Gasteiger partial charge < -0.3 is 14.6 Å². The highest BCUT2D eigenvalue weighted by Crippen LogP contribution is 2.32. The van der Waals surface area contributed by atoms with E-state index < -0.39 is 17.4 Å². The smallest absolute Gasteiger partial charge is 0.323 e. The highest BCUT2D eigenvalue weighted by atomic mass is 16.5. The summed E-state index contributed by atoms with van der Waals surface area (Å²) in [6, 6.07) is 0. The normalized spacial score (nSPS) is 19.1. The van der Waals surface area contributed by atoms with Crippen molar-refractivity contribution in [1.29, 1.82) is 0 Å². The van der Waals surface area contributed by atoms with Gasteiger partial charge in [0, 0.05) is 13.2 Å². The molecule has 0 aliphatic carbocycles. The zero-order valence-corrected chi connectivity index (χ0v) is 9.53. The van der Waals surface area contributed by atoms with Gasteiger partial charge in [0.25, 0.3) is 0 Å². The van der Waals surface area contributed by atoms with Crippen LogP contribution in [-0.4, -0.2) is 36.9 Å². The molecule has 0 aromatic heterocycles. The predicted molar refractivity (Wildman–Crippen MR) is 56.0 cm³/mol. The topological polar surface area (TPSA) is 72.8 Å². The third-order valence-corrected chi connectivity index (χ3v) is 2.88. The van der Waals surface area contributed by atoms with Crippen molar-refractivity contribution in [2.75, 3.05) is 19.8 Å². The van der Waals surface area contributed by atoms with Crippen LogP contribution in [0, 0.1) is 5.41 Å². The summed E-state index contributed by atoms with van der Waals surface area (Å²) >= 11 is 0. The third-order valence-electron chi connectivity index (χ3n) is 2.88. The van der Waals surface area contributed by atoms with E-state index in [4.69, 9.17) is 14.6 Å². The molecular formula is C11H18O5. The summed E-state index contributed by atoms with van der Waals surface area (Å²) in [5, 5.41) is 9.16. The summed E-state index contributed by atoms with van der Waals surface area (Å²) in [6.45, 7) is 2.88. The van der Waals surface area contributed by atoms with Crippen molar-refractivity contribution >= 4 is 11.9 Å². The van der Waals surface area contributed by atoms with Crippen LogP contribution in [0.1, 0.15) is 32.6 Å². The lowest BCUT2D eigenvalue weighted by Gasteiger charge is -2.30. The van der Waals surface area contributed by atoms with E-state index in [0.717, 1.165) is 12.8 Å². The van der Waals surface area contributed by atoms with Crippen LogP contribution in [-0.2, 0) is 19.1 Å². The molecule has 0 amide bonds. The van der Waals surface area contributed by atoms with E-state index >= 15 is 0 Å². The minimum atomic E-state index is -1.38. The van der Waals surface area contributed by atoms with E-state index in [1.807, 2.05) is 6.92 Å². The Bertz CT molecular complexity index is 255. The maximum absolute atomic E-state index is 11.8. The first-order valence-electron chi connectivity index (χ1n) is 5.62. The van der Waals surface area contributed by atoms with E-state index in [0.29, 0.717) is 19.8 Å². The van der Waals surface area contributed by atoms with Crippen molar-refractivity contribution < 1.29 is 24.2 Å². The van der Waals surface area contributed by atoms with Crippen molar-refractivity contribution in [3.05, 3.63) is 0 Å². The van der Waals surface area contributed by atoms with Crippen LogP contribution in [0.5, 0.6) is 0 Å². The summed E-state index contributed by atoms with van der Waals surface area (Å²) in [6.07, 6.45) is 2.08. The number of carboxylic acids is 1. The van der Waals surface area contributed by atoms with Gasteiger partial charge in [-0.05, 0) is 19.3 Å². The number of aliphatic carboxylic acids is 1. The van der Waals surface area contributed by atoms with Gasteiger partial charge in [-0.1, -0.05) is 13.3 Å². The molecule has 0 bridgehead atoms. The van der Waals surface area contributed by atoms with Crippen LogP contribution in [0.2, 0.25) is 0 Å². The number of rotatable bonds is 5. The van der Waals surface area contributed by atoms with Gasteiger partial charge in [-0.15, -0.1) is 0 Å². The molecule has 5 nitrogen and oxygen atoms in total. The second-order valence-corrected chi connectivity index (χ2v) is 3.99. The lowest BCUT2D eigenvalue weighted by Crippen LogP contribution is -2.45. The number of carbonyl (C=O) groups is 2. The molecule has 1 saturated heterocycles. The molecule has 1 rings (SSSR count). The van der Waals surface area contributed by atoms with Crippen molar-refractivity contribution in [2.24, 2.45) is 5.41 Å². The molecule has 0 unspecified atom stereocenters. The molecule has 0 saturated carbocycles. The van der Waals surface area contributed by atoms with Gasteiger partial charge in [0.1, 0.15) is 0 Å². The van der Waals surface area contributed by atoms with E-state index in [9.17, 15) is 9.59 Å². The van der Waals surface area contributed by atoms with Gasteiger partial charge in [0.05, 0.1) is 6.61 Å². The average molecular weight is 230 g/mol. The van der Waals surface area contributed by atoms with E-state index in [1.165, 1.54) is 0 Å². The Morgan fingerprint density at radius 3 is 2.50 bits per heavy atom. The Kier molecular flexibility index (Phi) is 4.73. The van der Waals surface area contributed by atoms with Crippen molar-refractivity contribution in [3.63, 3.8) is 0 Å². The quantitative estimate of drug-likeness (QED) is 0.436. The average Bonchev–Trinajstić information content (AvgIpc) is 2.30. The lowest BCUT2D eigenvalue weighted by molar-refractivity contribution is -0.175. The first-order chi connectivity index (χ1) is 7.63. The zero-order chi connectivity index (χ0) is 12.0. The fourth-order valence-corrected chi connectivity index (χ4v) is 1.67. The molecule has 1 heterocycles. The molecule has 0 spiro atoms. The van der Waals surface area contributed by atoms with Crippen LogP contribution in [0.3, 0.4) is 0 Å². The largest absolute Gasteiger partial charge is 0.480 e. The molecule has 0 aromatic carbocycles. The monoisotopic (exact) mass is 230 g/mol. The van der Waals surface area contributed by atoms with Gasteiger partial charge >= 0.3 is 11.9 Å². The Labute approximate surface area is 94.7 Å². The third kappa shape index (κ3) is 2.72. The minimum absolute atomic E-state index is 0.202. The molecule has 5 heteroatoms. The highest BCUT2D eigenvalue weighted by Gasteiger charge is 2.48. The maximum Gasteiger partial charge on any atom is 0.323 e. The number of unbranched alkanes of at least 4 members (excludes halogenated alkanes) is 1. The number of carboxylic acid groups (broad SMARTS) is 1. The standard InChI is InChI=1S/C11H18O5/c1-2-3-6-16-10(14)11(9(12)13)4-7-15-8-5-11/h2-8H2,1H3,(H,12,13). The first kappa shape index (κ1) is 13.0.